The molecule has 0 amide bonds. The Labute approximate surface area is 95.7 Å². The second-order valence-corrected chi connectivity index (χ2v) is 4.15. The van der Waals surface area contributed by atoms with E-state index >= 15 is 0 Å². The average molecular weight is 215 g/mol. The molecule has 2 aromatic rings. The van der Waals surface area contributed by atoms with Crippen LogP contribution in [-0.2, 0) is 6.42 Å². The first-order valence-corrected chi connectivity index (χ1v) is 5.60. The van der Waals surface area contributed by atoms with E-state index in [-0.39, 0.29) is 6.04 Å². The number of hydrogen-bond acceptors (Lipinski definition) is 2. The molecular weight excluding hydrogens is 198 g/mol. The van der Waals surface area contributed by atoms with E-state index < -0.39 is 0 Å². The van der Waals surface area contributed by atoms with Crippen LogP contribution >= 0.6 is 0 Å². The second kappa shape index (κ2) is 4.94. The van der Waals surface area contributed by atoms with Crippen LogP contribution < -0.4 is 5.73 Å². The van der Waals surface area contributed by atoms with Gasteiger partial charge in [-0.3, -0.25) is 5.10 Å². The summed E-state index contributed by atoms with van der Waals surface area (Å²) >= 11 is 0. The molecule has 3 nitrogen and oxygen atoms in total. The summed E-state index contributed by atoms with van der Waals surface area (Å²) < 4.78 is 0. The third-order valence-electron chi connectivity index (χ3n) is 2.65. The van der Waals surface area contributed by atoms with Crippen LogP contribution in [0.25, 0.3) is 11.3 Å². The maximum atomic E-state index is 5.77. The van der Waals surface area contributed by atoms with E-state index in [1.54, 1.807) is 0 Å². The van der Waals surface area contributed by atoms with Gasteiger partial charge in [-0.1, -0.05) is 30.3 Å². The van der Waals surface area contributed by atoms with Crippen LogP contribution in [0.15, 0.2) is 36.5 Å². The van der Waals surface area contributed by atoms with Gasteiger partial charge in [0.1, 0.15) is 0 Å². The molecule has 0 bridgehead atoms. The maximum Gasteiger partial charge on any atom is 0.0682 e. The predicted octanol–water partition coefficient (Wildman–Crippen LogP) is 2.36. The fourth-order valence-electron chi connectivity index (χ4n) is 1.74. The van der Waals surface area contributed by atoms with Gasteiger partial charge in [0.05, 0.1) is 11.9 Å². The van der Waals surface area contributed by atoms with E-state index in [1.807, 2.05) is 31.3 Å². The number of H-pyrrole nitrogens is 1. The van der Waals surface area contributed by atoms with E-state index in [1.165, 1.54) is 11.1 Å². The number of benzene rings is 1. The molecule has 1 aromatic heterocycles. The van der Waals surface area contributed by atoms with Crippen molar-refractivity contribution in [2.75, 3.05) is 0 Å². The van der Waals surface area contributed by atoms with Crippen molar-refractivity contribution >= 4 is 0 Å². The molecule has 0 saturated carbocycles. The van der Waals surface area contributed by atoms with Gasteiger partial charge >= 0.3 is 0 Å². The highest BCUT2D eigenvalue weighted by atomic mass is 15.1. The maximum absolute atomic E-state index is 5.77. The molecule has 2 rings (SSSR count). The van der Waals surface area contributed by atoms with Gasteiger partial charge in [0, 0.05) is 6.04 Å². The summed E-state index contributed by atoms with van der Waals surface area (Å²) in [7, 11) is 0. The summed E-state index contributed by atoms with van der Waals surface area (Å²) in [5.41, 5.74) is 9.30. The van der Waals surface area contributed by atoms with Gasteiger partial charge < -0.3 is 5.73 Å². The van der Waals surface area contributed by atoms with Crippen LogP contribution in [0.4, 0.5) is 0 Å². The fraction of sp³-hybridized carbons (Fsp3) is 0.308. The van der Waals surface area contributed by atoms with Crippen LogP contribution in [0, 0.1) is 0 Å². The van der Waals surface area contributed by atoms with Gasteiger partial charge in [0.15, 0.2) is 0 Å². The lowest BCUT2D eigenvalue weighted by Gasteiger charge is -2.05. The topological polar surface area (TPSA) is 54.7 Å². The summed E-state index contributed by atoms with van der Waals surface area (Å²) in [4.78, 5) is 0. The minimum absolute atomic E-state index is 0.235. The summed E-state index contributed by atoms with van der Waals surface area (Å²) in [6, 6.07) is 10.5. The Balaban J connectivity index is 2.19. The third kappa shape index (κ3) is 2.49. The van der Waals surface area contributed by atoms with E-state index in [9.17, 15) is 0 Å². The number of nitrogens with zero attached hydrogens (tertiary/aromatic N) is 1. The van der Waals surface area contributed by atoms with Gasteiger partial charge in [0.2, 0.25) is 0 Å². The molecule has 3 N–H and O–H groups in total. The lowest BCUT2D eigenvalue weighted by atomic mass is 10.0. The van der Waals surface area contributed by atoms with Crippen LogP contribution in [-0.4, -0.2) is 16.2 Å². The molecule has 3 heteroatoms. The van der Waals surface area contributed by atoms with Gasteiger partial charge in [0.25, 0.3) is 0 Å². The summed E-state index contributed by atoms with van der Waals surface area (Å²) in [5, 5.41) is 7.17. The monoisotopic (exact) mass is 215 g/mol. The Morgan fingerprint density at radius 2 is 2.06 bits per heavy atom. The number of hydrogen-bond donors (Lipinski definition) is 2. The smallest absolute Gasteiger partial charge is 0.0682 e. The zero-order valence-corrected chi connectivity index (χ0v) is 9.48. The zero-order valence-electron chi connectivity index (χ0n) is 9.48. The second-order valence-electron chi connectivity index (χ2n) is 4.15. The normalized spacial score (nSPS) is 12.6. The molecular formula is C13H17N3. The number of nitrogens with two attached hydrogens (primary N) is 1. The summed E-state index contributed by atoms with van der Waals surface area (Å²) in [6.07, 6.45) is 3.85. The average Bonchev–Trinajstić information content (AvgIpc) is 2.75. The molecule has 0 unspecified atom stereocenters. The fourth-order valence-corrected chi connectivity index (χ4v) is 1.74. The first-order chi connectivity index (χ1) is 7.77. The molecule has 0 aliphatic carbocycles. The Kier molecular flexibility index (Phi) is 3.37. The van der Waals surface area contributed by atoms with Crippen molar-refractivity contribution in [1.29, 1.82) is 0 Å². The van der Waals surface area contributed by atoms with Gasteiger partial charge in [-0.05, 0) is 30.9 Å². The van der Waals surface area contributed by atoms with Crippen molar-refractivity contribution in [3.63, 3.8) is 0 Å². The lowest BCUT2D eigenvalue weighted by molar-refractivity contribution is 0.667. The first-order valence-electron chi connectivity index (χ1n) is 5.60. The van der Waals surface area contributed by atoms with E-state index in [0.29, 0.717) is 0 Å². The van der Waals surface area contributed by atoms with Crippen LogP contribution in [0.2, 0.25) is 0 Å². The van der Waals surface area contributed by atoms with Crippen molar-refractivity contribution in [2.24, 2.45) is 5.73 Å². The van der Waals surface area contributed by atoms with Gasteiger partial charge in [-0.15, -0.1) is 0 Å². The first kappa shape index (κ1) is 10.9. The molecule has 1 aromatic carbocycles. The minimum Gasteiger partial charge on any atom is -0.328 e. The standard InChI is InChI=1S/C13H17N3/c1-10(14)7-8-12-9-15-16-13(12)11-5-3-2-4-6-11/h2-6,9-10H,7-8,14H2,1H3,(H,15,16)/t10-/m1/s1. The van der Waals surface area contributed by atoms with Gasteiger partial charge in [-0.2, -0.15) is 5.10 Å². The largest absolute Gasteiger partial charge is 0.328 e. The highest BCUT2D eigenvalue weighted by Gasteiger charge is 2.07. The number of aryl methyl sites for hydroxylation is 1. The number of aromatic nitrogens is 2. The summed E-state index contributed by atoms with van der Waals surface area (Å²) in [5.74, 6) is 0. The molecule has 0 aliphatic rings. The van der Waals surface area contributed by atoms with Crippen molar-refractivity contribution < 1.29 is 0 Å². The molecule has 16 heavy (non-hydrogen) atoms. The van der Waals surface area contributed by atoms with E-state index in [2.05, 4.69) is 22.3 Å². The Bertz CT molecular complexity index is 431. The van der Waals surface area contributed by atoms with Gasteiger partial charge in [-0.25, -0.2) is 0 Å². The molecule has 1 heterocycles. The van der Waals surface area contributed by atoms with Crippen molar-refractivity contribution in [3.05, 3.63) is 42.1 Å². The van der Waals surface area contributed by atoms with Crippen molar-refractivity contribution in [1.82, 2.24) is 10.2 Å². The number of aromatic amines is 1. The SMILES string of the molecule is C[C@@H](N)CCc1cn[nH]c1-c1ccccc1. The molecule has 0 saturated heterocycles. The Morgan fingerprint density at radius 1 is 1.31 bits per heavy atom. The third-order valence-corrected chi connectivity index (χ3v) is 2.65. The zero-order chi connectivity index (χ0) is 11.4. The molecule has 1 atom stereocenters. The van der Waals surface area contributed by atoms with Crippen molar-refractivity contribution in [2.45, 2.75) is 25.8 Å². The van der Waals surface area contributed by atoms with E-state index in [4.69, 9.17) is 5.73 Å². The van der Waals surface area contributed by atoms with Crippen molar-refractivity contribution in [3.8, 4) is 11.3 Å². The Morgan fingerprint density at radius 3 is 2.75 bits per heavy atom. The molecule has 0 aliphatic heterocycles. The highest BCUT2D eigenvalue weighted by Crippen LogP contribution is 2.21. The lowest BCUT2D eigenvalue weighted by Crippen LogP contribution is -2.15. The van der Waals surface area contributed by atoms with Crippen LogP contribution in [0.1, 0.15) is 18.9 Å². The highest BCUT2D eigenvalue weighted by molar-refractivity contribution is 5.62. The van der Waals surface area contributed by atoms with Crippen LogP contribution in [0.5, 0.6) is 0 Å². The molecule has 0 radical (unpaired) electrons. The number of rotatable bonds is 4. The number of nitrogens with one attached hydrogen (secondary N) is 1. The minimum atomic E-state index is 0.235. The predicted molar refractivity (Wildman–Crippen MR) is 66.0 cm³/mol. The molecule has 0 spiro atoms. The van der Waals surface area contributed by atoms with Crippen LogP contribution in [0.3, 0.4) is 0 Å². The Hall–Kier alpha value is -1.61. The quantitative estimate of drug-likeness (QED) is 0.822. The molecule has 84 valence electrons. The summed E-state index contributed by atoms with van der Waals surface area (Å²) in [6.45, 7) is 2.03. The van der Waals surface area contributed by atoms with E-state index in [0.717, 1.165) is 18.5 Å². The molecule has 0 fully saturated rings.